The predicted molar refractivity (Wildman–Crippen MR) is 219 cm³/mol. The zero-order chi connectivity index (χ0) is 37.1. The summed E-state index contributed by atoms with van der Waals surface area (Å²) in [5.41, 5.74) is 0.747. The fourth-order valence-corrected chi connectivity index (χ4v) is 7.51. The molecular formula is C47H87O3. The molecule has 0 aliphatic rings. The van der Waals surface area contributed by atoms with Crippen LogP contribution in [-0.2, 0) is 11.7 Å². The Balaban J connectivity index is 2.22. The van der Waals surface area contributed by atoms with Crippen LogP contribution in [0.5, 0.6) is 11.5 Å². The van der Waals surface area contributed by atoms with Crippen LogP contribution in [0.1, 0.15) is 203 Å². The number of ether oxygens (including phenoxy) is 2. The minimum Gasteiger partial charge on any atom is -0.493 e. The number of benzene rings is 1. The van der Waals surface area contributed by atoms with Crippen LogP contribution in [0, 0.1) is 47.3 Å². The molecule has 1 aromatic rings. The minimum atomic E-state index is -0.245. The highest BCUT2D eigenvalue weighted by atomic mass is 16.5. The van der Waals surface area contributed by atoms with Crippen molar-refractivity contribution in [3.8, 4) is 11.5 Å². The van der Waals surface area contributed by atoms with Crippen LogP contribution in [0.2, 0.25) is 0 Å². The van der Waals surface area contributed by atoms with Crippen molar-refractivity contribution in [3.05, 3.63) is 23.8 Å². The van der Waals surface area contributed by atoms with Crippen LogP contribution in [0.4, 0.5) is 0 Å². The Bertz CT molecular complexity index is 841. The van der Waals surface area contributed by atoms with E-state index in [0.29, 0.717) is 25.0 Å². The molecule has 0 aromatic heterocycles. The van der Waals surface area contributed by atoms with E-state index in [0.717, 1.165) is 65.4 Å². The third-order valence-electron chi connectivity index (χ3n) is 11.4. The molecular weight excluding hydrogens is 613 g/mol. The quantitative estimate of drug-likeness (QED) is 0.0732. The van der Waals surface area contributed by atoms with Crippen molar-refractivity contribution in [2.45, 2.75) is 204 Å². The van der Waals surface area contributed by atoms with Crippen molar-refractivity contribution in [3.63, 3.8) is 0 Å². The van der Waals surface area contributed by atoms with Gasteiger partial charge in [-0.3, -0.25) is 0 Å². The highest BCUT2D eigenvalue weighted by Crippen LogP contribution is 2.27. The van der Waals surface area contributed by atoms with Crippen LogP contribution in [-0.4, -0.2) is 13.2 Å². The van der Waals surface area contributed by atoms with E-state index in [1.54, 1.807) is 0 Å². The first-order valence-electron chi connectivity index (χ1n) is 21.8. The van der Waals surface area contributed by atoms with Gasteiger partial charge in [-0.05, 0) is 77.9 Å². The summed E-state index contributed by atoms with van der Waals surface area (Å²) in [7, 11) is 0. The van der Waals surface area contributed by atoms with Crippen LogP contribution in [0.15, 0.2) is 18.2 Å². The smallest absolute Gasteiger partial charge is 0.123 e. The standard InChI is InChI=1S/C47H87O3/c1-37(2)17-11-19-39(5)21-13-23-41(7)25-15-27-43(9)29-31-49-46-33-45(36-48)34-47(35-46)50-32-30-44(10)28-16-26-42(8)24-14-22-40(6)20-12-18-38(3)4/h33-35,37-44H,11-32,36H2,1-10H3/t39-,40-,41-,42-,43?,44?/m1/s1. The molecule has 0 aliphatic carbocycles. The summed E-state index contributed by atoms with van der Waals surface area (Å²) < 4.78 is 12.3. The molecule has 2 unspecified atom stereocenters. The summed E-state index contributed by atoms with van der Waals surface area (Å²) in [5, 5.41) is 11.8. The third-order valence-corrected chi connectivity index (χ3v) is 11.4. The van der Waals surface area contributed by atoms with Gasteiger partial charge in [-0.2, -0.15) is 0 Å². The summed E-state index contributed by atoms with van der Waals surface area (Å²) in [6.45, 7) is 25.0. The highest BCUT2D eigenvalue weighted by molar-refractivity contribution is 5.38. The molecule has 0 aliphatic heterocycles. The van der Waals surface area contributed by atoms with E-state index in [-0.39, 0.29) is 6.61 Å². The Morgan fingerprint density at radius 2 is 0.640 bits per heavy atom. The van der Waals surface area contributed by atoms with Gasteiger partial charge in [0.2, 0.25) is 0 Å². The van der Waals surface area contributed by atoms with Crippen LogP contribution >= 0.6 is 0 Å². The molecule has 0 saturated heterocycles. The molecule has 6 atom stereocenters. The van der Waals surface area contributed by atoms with Gasteiger partial charge in [-0.15, -0.1) is 0 Å². The summed E-state index contributed by atoms with van der Waals surface area (Å²) in [6, 6.07) is 5.78. The maximum Gasteiger partial charge on any atom is 0.123 e. The molecule has 1 aromatic carbocycles. The summed E-state index contributed by atoms with van der Waals surface area (Å²) >= 11 is 0. The molecule has 3 nitrogen and oxygen atoms in total. The summed E-state index contributed by atoms with van der Waals surface area (Å²) in [6.07, 6.45) is 26.6. The van der Waals surface area contributed by atoms with E-state index in [1.165, 1.54) is 116 Å². The van der Waals surface area contributed by atoms with Crippen molar-refractivity contribution in [1.29, 1.82) is 0 Å². The Labute approximate surface area is 313 Å². The molecule has 0 amide bonds. The molecule has 0 spiro atoms. The van der Waals surface area contributed by atoms with Crippen LogP contribution in [0.25, 0.3) is 0 Å². The summed E-state index contributed by atoms with van der Waals surface area (Å²) in [4.78, 5) is 0. The number of rotatable bonds is 33. The van der Waals surface area contributed by atoms with Crippen molar-refractivity contribution < 1.29 is 14.6 Å². The molecule has 293 valence electrons. The lowest BCUT2D eigenvalue weighted by Gasteiger charge is -2.17. The van der Waals surface area contributed by atoms with Gasteiger partial charge in [0, 0.05) is 6.07 Å². The molecule has 0 fully saturated rings. The Morgan fingerprint density at radius 3 is 0.900 bits per heavy atom. The van der Waals surface area contributed by atoms with Gasteiger partial charge in [-0.1, -0.05) is 185 Å². The van der Waals surface area contributed by atoms with Crippen molar-refractivity contribution in [1.82, 2.24) is 0 Å². The maximum absolute atomic E-state index is 11.8. The average Bonchev–Trinajstić information content (AvgIpc) is 3.04. The van der Waals surface area contributed by atoms with E-state index < -0.39 is 0 Å². The third kappa shape index (κ3) is 26.5. The van der Waals surface area contributed by atoms with Crippen molar-refractivity contribution in [2.24, 2.45) is 47.3 Å². The fourth-order valence-electron chi connectivity index (χ4n) is 7.51. The van der Waals surface area contributed by atoms with E-state index in [9.17, 15) is 5.11 Å². The lowest BCUT2D eigenvalue weighted by Crippen LogP contribution is -2.07. The van der Waals surface area contributed by atoms with E-state index in [2.05, 4.69) is 69.2 Å². The molecule has 50 heavy (non-hydrogen) atoms. The second-order valence-electron chi connectivity index (χ2n) is 18.2. The van der Waals surface area contributed by atoms with Gasteiger partial charge in [0.25, 0.3) is 0 Å². The maximum atomic E-state index is 11.8. The fraction of sp³-hybridized carbons (Fsp3) is 0.872. The van der Waals surface area contributed by atoms with Gasteiger partial charge in [0.15, 0.2) is 0 Å². The first-order valence-corrected chi connectivity index (χ1v) is 21.8. The molecule has 1 radical (unpaired) electrons. The zero-order valence-corrected chi connectivity index (χ0v) is 35.3. The second-order valence-corrected chi connectivity index (χ2v) is 18.2. The van der Waals surface area contributed by atoms with Crippen LogP contribution in [0.3, 0.4) is 0 Å². The summed E-state index contributed by atoms with van der Waals surface area (Å²) in [5.74, 6) is 7.97. The SMILES string of the molecule is CC(C)CCC[C@@H](C)CCC[C@@H](C)CCCC(C)CCOc1cc(C[O])cc(OCCC(C)CCC[C@H](C)CCC[C@H](C)CCCC(C)C)c1. The predicted octanol–water partition coefficient (Wildman–Crippen LogP) is 15.3. The van der Waals surface area contributed by atoms with Gasteiger partial charge < -0.3 is 9.47 Å². The highest BCUT2D eigenvalue weighted by Gasteiger charge is 2.11. The molecule has 0 bridgehead atoms. The van der Waals surface area contributed by atoms with Crippen molar-refractivity contribution >= 4 is 0 Å². The monoisotopic (exact) mass is 700 g/mol. The zero-order valence-electron chi connectivity index (χ0n) is 35.3. The molecule has 0 N–H and O–H groups in total. The van der Waals surface area contributed by atoms with Gasteiger partial charge in [-0.25, -0.2) is 5.11 Å². The van der Waals surface area contributed by atoms with E-state index >= 15 is 0 Å². The minimum absolute atomic E-state index is 0.245. The number of hydrogen-bond acceptors (Lipinski definition) is 2. The molecule has 1 rings (SSSR count). The first-order chi connectivity index (χ1) is 23.9. The molecule has 0 saturated carbocycles. The van der Waals surface area contributed by atoms with Gasteiger partial charge in [0.05, 0.1) is 13.2 Å². The Morgan fingerprint density at radius 1 is 0.380 bits per heavy atom. The average molecular weight is 700 g/mol. The topological polar surface area (TPSA) is 38.4 Å². The Hall–Kier alpha value is -1.22. The number of hydrogen-bond donors (Lipinski definition) is 0. The molecule has 3 heteroatoms. The lowest BCUT2D eigenvalue weighted by atomic mass is 9.91. The molecule has 0 heterocycles. The Kier molecular flexibility index (Phi) is 27.4. The van der Waals surface area contributed by atoms with Gasteiger partial charge >= 0.3 is 0 Å². The van der Waals surface area contributed by atoms with Gasteiger partial charge in [0.1, 0.15) is 18.1 Å². The van der Waals surface area contributed by atoms with E-state index in [1.807, 2.05) is 18.2 Å². The van der Waals surface area contributed by atoms with Crippen LogP contribution < -0.4 is 9.47 Å². The second kappa shape index (κ2) is 29.3. The van der Waals surface area contributed by atoms with Crippen molar-refractivity contribution in [2.75, 3.05) is 13.2 Å². The largest absolute Gasteiger partial charge is 0.493 e. The normalized spacial score (nSPS) is 15.6. The first kappa shape index (κ1) is 46.8. The van der Waals surface area contributed by atoms with E-state index in [4.69, 9.17) is 9.47 Å². The lowest BCUT2D eigenvalue weighted by molar-refractivity contribution is 0.176.